The number of anilines is 1. The molecule has 3 heterocycles. The van der Waals surface area contributed by atoms with Crippen molar-refractivity contribution < 1.29 is 4.79 Å². The molecule has 1 amide bonds. The van der Waals surface area contributed by atoms with Crippen LogP contribution in [0.5, 0.6) is 0 Å². The highest BCUT2D eigenvalue weighted by molar-refractivity contribution is 5.77. The van der Waals surface area contributed by atoms with E-state index in [1.54, 1.807) is 25.2 Å². The van der Waals surface area contributed by atoms with Crippen LogP contribution in [0, 0.1) is 6.92 Å². The lowest BCUT2D eigenvalue weighted by molar-refractivity contribution is -0.130. The van der Waals surface area contributed by atoms with E-state index in [2.05, 4.69) is 25.2 Å². The number of hydrogen-bond acceptors (Lipinski definition) is 6. The molecule has 138 valence electrons. The molecule has 1 fully saturated rings. The number of piperidine rings is 1. The van der Waals surface area contributed by atoms with Crippen molar-refractivity contribution in [3.63, 3.8) is 0 Å². The number of nitrogens with one attached hydrogen (secondary N) is 1. The second-order valence-electron chi connectivity index (χ2n) is 6.91. The van der Waals surface area contributed by atoms with E-state index in [0.29, 0.717) is 12.6 Å². The highest BCUT2D eigenvalue weighted by atomic mass is 16.2. The summed E-state index contributed by atoms with van der Waals surface area (Å²) in [5.41, 5.74) is 1.86. The van der Waals surface area contributed by atoms with Crippen molar-refractivity contribution in [1.82, 2.24) is 24.8 Å². The zero-order valence-corrected chi connectivity index (χ0v) is 15.6. The van der Waals surface area contributed by atoms with Gasteiger partial charge in [-0.2, -0.15) is 0 Å². The highest BCUT2D eigenvalue weighted by Gasteiger charge is 2.21. The normalized spacial score (nSPS) is 15.7. The number of rotatable bonds is 5. The van der Waals surface area contributed by atoms with Gasteiger partial charge in [-0.3, -0.25) is 14.7 Å². The first kappa shape index (κ1) is 18.3. The van der Waals surface area contributed by atoms with Crippen LogP contribution in [-0.4, -0.2) is 70.4 Å². The quantitative estimate of drug-likeness (QED) is 0.883. The van der Waals surface area contributed by atoms with Crippen molar-refractivity contribution in [3.8, 4) is 11.3 Å². The highest BCUT2D eigenvalue weighted by Crippen LogP contribution is 2.21. The molecule has 0 aromatic carbocycles. The first-order valence-electron chi connectivity index (χ1n) is 8.96. The summed E-state index contributed by atoms with van der Waals surface area (Å²) in [4.78, 5) is 28.9. The summed E-state index contributed by atoms with van der Waals surface area (Å²) in [6, 6.07) is 6.24. The van der Waals surface area contributed by atoms with Crippen LogP contribution in [0.1, 0.15) is 18.7 Å². The number of aromatic nitrogens is 3. The fraction of sp³-hybridized carbons (Fsp3) is 0.474. The minimum absolute atomic E-state index is 0.156. The van der Waals surface area contributed by atoms with E-state index in [0.717, 1.165) is 48.8 Å². The third-order valence-electron chi connectivity index (χ3n) is 4.59. The minimum Gasteiger partial charge on any atom is -0.367 e. The maximum atomic E-state index is 11.8. The molecule has 3 rings (SSSR count). The maximum Gasteiger partial charge on any atom is 0.236 e. The molecular weight excluding hydrogens is 328 g/mol. The number of carbonyl (C=O) groups excluding carboxylic acids is 1. The second-order valence-corrected chi connectivity index (χ2v) is 6.91. The van der Waals surface area contributed by atoms with Crippen LogP contribution in [-0.2, 0) is 4.79 Å². The molecule has 7 nitrogen and oxygen atoms in total. The van der Waals surface area contributed by atoms with Crippen molar-refractivity contribution in [2.75, 3.05) is 39.0 Å². The van der Waals surface area contributed by atoms with Crippen LogP contribution in [0.25, 0.3) is 11.3 Å². The Labute approximate surface area is 154 Å². The third kappa shape index (κ3) is 4.76. The van der Waals surface area contributed by atoms with Crippen molar-refractivity contribution >= 4 is 11.7 Å². The molecule has 1 N–H and O–H groups in total. The molecule has 1 aliphatic heterocycles. The van der Waals surface area contributed by atoms with Crippen LogP contribution in [0.15, 0.2) is 30.6 Å². The topological polar surface area (TPSA) is 74.2 Å². The van der Waals surface area contributed by atoms with Gasteiger partial charge in [-0.25, -0.2) is 9.97 Å². The van der Waals surface area contributed by atoms with Crippen molar-refractivity contribution in [2.24, 2.45) is 0 Å². The van der Waals surface area contributed by atoms with E-state index < -0.39 is 0 Å². The Bertz CT molecular complexity index is 741. The van der Waals surface area contributed by atoms with Gasteiger partial charge in [0.1, 0.15) is 11.6 Å². The van der Waals surface area contributed by atoms with Crippen LogP contribution >= 0.6 is 0 Å². The molecule has 2 aromatic heterocycles. The average Bonchev–Trinajstić information content (AvgIpc) is 2.63. The average molecular weight is 354 g/mol. The number of likely N-dealkylation sites (N-methyl/N-ethyl adjacent to an activating group) is 1. The number of aryl methyl sites for hydroxylation is 1. The molecule has 7 heteroatoms. The summed E-state index contributed by atoms with van der Waals surface area (Å²) < 4.78 is 0. The molecule has 0 spiro atoms. The molecule has 1 saturated heterocycles. The van der Waals surface area contributed by atoms with E-state index in [9.17, 15) is 4.79 Å². The standard InChI is InChI=1S/C19H26N6O/c1-14-21-17(15-5-4-8-20-12-15)11-18(22-14)23-16-6-9-25(10-7-16)13-19(26)24(2)3/h4-5,8,11-12,16H,6-7,9-10,13H2,1-3H3,(H,21,22,23). The molecule has 1 aliphatic rings. The molecule has 0 aliphatic carbocycles. The fourth-order valence-corrected chi connectivity index (χ4v) is 3.08. The number of likely N-dealkylation sites (tertiary alicyclic amines) is 1. The zero-order valence-electron chi connectivity index (χ0n) is 15.6. The fourth-order valence-electron chi connectivity index (χ4n) is 3.08. The monoisotopic (exact) mass is 354 g/mol. The number of pyridine rings is 1. The summed E-state index contributed by atoms with van der Waals surface area (Å²) >= 11 is 0. The van der Waals surface area contributed by atoms with Gasteiger partial charge in [-0.05, 0) is 31.9 Å². The van der Waals surface area contributed by atoms with Crippen LogP contribution in [0.4, 0.5) is 5.82 Å². The molecule has 2 aromatic rings. The summed E-state index contributed by atoms with van der Waals surface area (Å²) in [6.45, 7) is 4.23. The Kier molecular flexibility index (Phi) is 5.78. The first-order valence-corrected chi connectivity index (χ1v) is 8.96. The third-order valence-corrected chi connectivity index (χ3v) is 4.59. The summed E-state index contributed by atoms with van der Waals surface area (Å²) in [6.07, 6.45) is 5.55. The molecule has 0 atom stereocenters. The van der Waals surface area contributed by atoms with Gasteiger partial charge in [0.25, 0.3) is 0 Å². The van der Waals surface area contributed by atoms with Crippen molar-refractivity contribution in [3.05, 3.63) is 36.4 Å². The number of carbonyl (C=O) groups is 1. The van der Waals surface area contributed by atoms with E-state index in [-0.39, 0.29) is 5.91 Å². The molecule has 26 heavy (non-hydrogen) atoms. The number of hydrogen-bond donors (Lipinski definition) is 1. The van der Waals surface area contributed by atoms with Gasteiger partial charge in [0.15, 0.2) is 0 Å². The van der Waals surface area contributed by atoms with E-state index in [4.69, 9.17) is 0 Å². The summed E-state index contributed by atoms with van der Waals surface area (Å²) in [7, 11) is 3.60. The van der Waals surface area contributed by atoms with Gasteiger partial charge in [0.05, 0.1) is 12.2 Å². The van der Waals surface area contributed by atoms with E-state index in [1.165, 1.54) is 0 Å². The zero-order chi connectivity index (χ0) is 18.5. The molecule has 0 saturated carbocycles. The Morgan fingerprint density at radius 3 is 2.73 bits per heavy atom. The first-order chi connectivity index (χ1) is 12.5. The Morgan fingerprint density at radius 1 is 1.31 bits per heavy atom. The largest absolute Gasteiger partial charge is 0.367 e. The van der Waals surface area contributed by atoms with Crippen LogP contribution in [0.2, 0.25) is 0 Å². The van der Waals surface area contributed by atoms with Gasteiger partial charge in [0.2, 0.25) is 5.91 Å². The van der Waals surface area contributed by atoms with Crippen LogP contribution in [0.3, 0.4) is 0 Å². The molecule has 0 radical (unpaired) electrons. The molecular formula is C19H26N6O. The van der Waals surface area contributed by atoms with Crippen molar-refractivity contribution in [2.45, 2.75) is 25.8 Å². The minimum atomic E-state index is 0.156. The molecule has 0 unspecified atom stereocenters. The lowest BCUT2D eigenvalue weighted by atomic mass is 10.0. The lowest BCUT2D eigenvalue weighted by Crippen LogP contribution is -2.44. The Hall–Kier alpha value is -2.54. The predicted molar refractivity (Wildman–Crippen MR) is 102 cm³/mol. The SMILES string of the molecule is Cc1nc(NC2CCN(CC(=O)N(C)C)CC2)cc(-c2cccnc2)n1. The van der Waals surface area contributed by atoms with Gasteiger partial charge in [-0.15, -0.1) is 0 Å². The number of amides is 1. The molecule has 0 bridgehead atoms. The summed E-state index contributed by atoms with van der Waals surface area (Å²) in [5, 5.41) is 3.53. The Balaban J connectivity index is 1.60. The number of nitrogens with zero attached hydrogens (tertiary/aromatic N) is 5. The second kappa shape index (κ2) is 8.23. The van der Waals surface area contributed by atoms with Gasteiger partial charge in [0, 0.05) is 57.3 Å². The smallest absolute Gasteiger partial charge is 0.236 e. The Morgan fingerprint density at radius 2 is 2.08 bits per heavy atom. The summed E-state index contributed by atoms with van der Waals surface area (Å²) in [5.74, 6) is 1.74. The van der Waals surface area contributed by atoms with Crippen molar-refractivity contribution in [1.29, 1.82) is 0 Å². The van der Waals surface area contributed by atoms with Gasteiger partial charge < -0.3 is 10.2 Å². The predicted octanol–water partition coefficient (Wildman–Crippen LogP) is 1.81. The lowest BCUT2D eigenvalue weighted by Gasteiger charge is -2.32. The maximum absolute atomic E-state index is 11.8. The van der Waals surface area contributed by atoms with Gasteiger partial charge >= 0.3 is 0 Å². The van der Waals surface area contributed by atoms with Crippen LogP contribution < -0.4 is 5.32 Å². The van der Waals surface area contributed by atoms with Gasteiger partial charge in [-0.1, -0.05) is 0 Å². The van der Waals surface area contributed by atoms with E-state index >= 15 is 0 Å². The van der Waals surface area contributed by atoms with E-state index in [1.807, 2.05) is 31.3 Å².